The van der Waals surface area contributed by atoms with E-state index in [4.69, 9.17) is 5.11 Å². The lowest BCUT2D eigenvalue weighted by molar-refractivity contribution is 0.0592. The Hall–Kier alpha value is -1.92. The molecule has 15 heavy (non-hydrogen) atoms. The van der Waals surface area contributed by atoms with Crippen molar-refractivity contribution < 1.29 is 23.4 Å². The Balaban J connectivity index is 3.32. The summed E-state index contributed by atoms with van der Waals surface area (Å²) in [5.41, 5.74) is -2.67. The molecule has 0 aliphatic heterocycles. The van der Waals surface area contributed by atoms with Gasteiger partial charge >= 0.3 is 5.97 Å². The largest absolute Gasteiger partial charge is 0.507 e. The zero-order valence-electron chi connectivity index (χ0n) is 7.58. The molecule has 0 bridgehead atoms. The van der Waals surface area contributed by atoms with Gasteiger partial charge in [-0.3, -0.25) is 4.79 Å². The van der Waals surface area contributed by atoms with Crippen molar-refractivity contribution in [2.24, 2.45) is 0 Å². The number of halogens is 2. The first-order chi connectivity index (χ1) is 6.97. The smallest absolute Gasteiger partial charge is 0.354 e. The van der Waals surface area contributed by atoms with Gasteiger partial charge in [-0.1, -0.05) is 0 Å². The minimum absolute atomic E-state index is 0.385. The van der Waals surface area contributed by atoms with Crippen molar-refractivity contribution in [2.75, 3.05) is 7.11 Å². The van der Waals surface area contributed by atoms with Gasteiger partial charge in [0, 0.05) is 6.07 Å². The fraction of sp³-hybridized carbons (Fsp3) is 0.250. The topological polar surface area (TPSA) is 79.4 Å². The van der Waals surface area contributed by atoms with Gasteiger partial charge in [-0.25, -0.2) is 13.6 Å². The van der Waals surface area contributed by atoms with Gasteiger partial charge in [-0.15, -0.1) is 0 Å². The Bertz CT molecular complexity index is 441. The monoisotopic (exact) mass is 219 g/mol. The van der Waals surface area contributed by atoms with Crippen LogP contribution >= 0.6 is 0 Å². The number of pyridine rings is 1. The van der Waals surface area contributed by atoms with Crippen LogP contribution in [-0.2, 0) is 4.74 Å². The summed E-state index contributed by atoms with van der Waals surface area (Å²) in [6, 6.07) is 0.717. The predicted octanol–water partition coefficient (Wildman–Crippen LogP) is 0.805. The van der Waals surface area contributed by atoms with E-state index < -0.39 is 29.3 Å². The Morgan fingerprint density at radius 2 is 2.20 bits per heavy atom. The quantitative estimate of drug-likeness (QED) is 0.721. The highest BCUT2D eigenvalue weighted by Gasteiger charge is 2.20. The zero-order valence-corrected chi connectivity index (χ0v) is 7.58. The number of alkyl halides is 2. The van der Waals surface area contributed by atoms with Crippen LogP contribution in [0.3, 0.4) is 0 Å². The molecule has 0 atom stereocenters. The standard InChI is InChI=1S/C8H7F2NO4/c1-15-8(14)3-2-4(12)5(6(9)10)7(13)11-3/h2,6H,1H3,(H2,11,12,13). The molecule has 1 rings (SSSR count). The number of aromatic hydroxyl groups is 1. The SMILES string of the molecule is COC(=O)c1cc(O)c(C(F)F)c(=O)[nH]1. The van der Waals surface area contributed by atoms with E-state index in [-0.39, 0.29) is 5.69 Å². The van der Waals surface area contributed by atoms with Gasteiger partial charge in [-0.05, 0) is 0 Å². The molecule has 2 N–H and O–H groups in total. The van der Waals surface area contributed by atoms with Crippen LogP contribution < -0.4 is 5.56 Å². The Kier molecular flexibility index (Phi) is 3.03. The van der Waals surface area contributed by atoms with E-state index in [1.54, 1.807) is 0 Å². The molecule has 0 aromatic carbocycles. The zero-order chi connectivity index (χ0) is 11.6. The number of H-pyrrole nitrogens is 1. The lowest BCUT2D eigenvalue weighted by Gasteiger charge is -2.04. The Morgan fingerprint density at radius 3 is 2.60 bits per heavy atom. The third kappa shape index (κ3) is 2.12. The number of methoxy groups -OCH3 is 1. The van der Waals surface area contributed by atoms with E-state index in [0.29, 0.717) is 6.07 Å². The summed E-state index contributed by atoms with van der Waals surface area (Å²) in [5, 5.41) is 9.08. The number of esters is 1. The van der Waals surface area contributed by atoms with E-state index in [9.17, 15) is 18.4 Å². The van der Waals surface area contributed by atoms with Gasteiger partial charge in [0.25, 0.3) is 12.0 Å². The average Bonchev–Trinajstić information content (AvgIpc) is 2.14. The van der Waals surface area contributed by atoms with Gasteiger partial charge in [0.05, 0.1) is 7.11 Å². The number of ether oxygens (including phenoxy) is 1. The molecule has 0 amide bonds. The van der Waals surface area contributed by atoms with Crippen molar-refractivity contribution >= 4 is 5.97 Å². The van der Waals surface area contributed by atoms with Crippen LogP contribution in [0.4, 0.5) is 8.78 Å². The summed E-state index contributed by atoms with van der Waals surface area (Å²) in [5.74, 6) is -1.86. The fourth-order valence-electron chi connectivity index (χ4n) is 0.987. The molecule has 0 unspecified atom stereocenters. The first-order valence-corrected chi connectivity index (χ1v) is 3.80. The molecular formula is C8H7F2NO4. The molecule has 0 spiro atoms. The van der Waals surface area contributed by atoms with Crippen LogP contribution in [0.15, 0.2) is 10.9 Å². The van der Waals surface area contributed by atoms with Crippen molar-refractivity contribution in [3.63, 3.8) is 0 Å². The molecule has 0 radical (unpaired) electrons. The summed E-state index contributed by atoms with van der Waals surface area (Å²) in [6.07, 6.45) is -3.11. The molecule has 0 saturated heterocycles. The van der Waals surface area contributed by atoms with Crippen LogP contribution in [0.5, 0.6) is 5.75 Å². The highest BCUT2D eigenvalue weighted by atomic mass is 19.3. The van der Waals surface area contributed by atoms with Crippen LogP contribution in [-0.4, -0.2) is 23.2 Å². The highest BCUT2D eigenvalue weighted by molar-refractivity contribution is 5.87. The number of hydrogen-bond donors (Lipinski definition) is 2. The molecule has 0 fully saturated rings. The van der Waals surface area contributed by atoms with Crippen molar-refractivity contribution in [3.8, 4) is 5.75 Å². The highest BCUT2D eigenvalue weighted by Crippen LogP contribution is 2.24. The van der Waals surface area contributed by atoms with E-state index in [1.165, 1.54) is 0 Å². The lowest BCUT2D eigenvalue weighted by atomic mass is 10.2. The van der Waals surface area contributed by atoms with E-state index >= 15 is 0 Å². The van der Waals surface area contributed by atoms with Crippen LogP contribution in [0.1, 0.15) is 22.5 Å². The van der Waals surface area contributed by atoms with Crippen LogP contribution in [0, 0.1) is 0 Å². The fourth-order valence-corrected chi connectivity index (χ4v) is 0.987. The second-order valence-corrected chi connectivity index (χ2v) is 2.60. The molecule has 82 valence electrons. The second kappa shape index (κ2) is 4.07. The first kappa shape index (κ1) is 11.2. The van der Waals surface area contributed by atoms with Crippen molar-refractivity contribution in [3.05, 3.63) is 27.7 Å². The predicted molar refractivity (Wildman–Crippen MR) is 45.0 cm³/mol. The average molecular weight is 219 g/mol. The van der Waals surface area contributed by atoms with E-state index in [0.717, 1.165) is 7.11 Å². The molecule has 1 aromatic rings. The van der Waals surface area contributed by atoms with Crippen LogP contribution in [0.25, 0.3) is 0 Å². The summed E-state index contributed by atoms with van der Waals surface area (Å²) >= 11 is 0. The second-order valence-electron chi connectivity index (χ2n) is 2.60. The molecule has 1 heterocycles. The van der Waals surface area contributed by atoms with Crippen molar-refractivity contribution in [1.82, 2.24) is 4.98 Å². The molecule has 7 heteroatoms. The van der Waals surface area contributed by atoms with E-state index in [2.05, 4.69) is 4.74 Å². The van der Waals surface area contributed by atoms with Gasteiger partial charge in [0.1, 0.15) is 17.0 Å². The number of rotatable bonds is 2. The summed E-state index contributed by atoms with van der Waals surface area (Å²) in [6.45, 7) is 0. The van der Waals surface area contributed by atoms with Gasteiger partial charge < -0.3 is 14.8 Å². The number of nitrogens with one attached hydrogen (secondary N) is 1. The Morgan fingerprint density at radius 1 is 1.60 bits per heavy atom. The minimum atomic E-state index is -3.11. The number of aromatic nitrogens is 1. The molecule has 0 aliphatic rings. The maximum absolute atomic E-state index is 12.2. The molecule has 1 aromatic heterocycles. The molecule has 0 aliphatic carbocycles. The number of hydrogen-bond acceptors (Lipinski definition) is 4. The van der Waals surface area contributed by atoms with Crippen LogP contribution in [0.2, 0.25) is 0 Å². The third-order valence-corrected chi connectivity index (χ3v) is 1.67. The normalized spacial score (nSPS) is 10.4. The lowest BCUT2D eigenvalue weighted by Crippen LogP contribution is -2.18. The summed E-state index contributed by atoms with van der Waals surface area (Å²) in [4.78, 5) is 23.8. The van der Waals surface area contributed by atoms with Gasteiger partial charge in [0.2, 0.25) is 0 Å². The molecule has 0 saturated carbocycles. The number of carbonyl (C=O) groups is 1. The summed E-state index contributed by atoms with van der Waals surface area (Å²) < 4.78 is 28.7. The maximum atomic E-state index is 12.2. The Labute approximate surface area is 82.3 Å². The number of aromatic amines is 1. The van der Waals surface area contributed by atoms with E-state index in [1.807, 2.05) is 4.98 Å². The van der Waals surface area contributed by atoms with Gasteiger partial charge in [0.15, 0.2) is 0 Å². The van der Waals surface area contributed by atoms with Crippen molar-refractivity contribution in [2.45, 2.75) is 6.43 Å². The summed E-state index contributed by atoms with van der Waals surface area (Å²) in [7, 11) is 1.05. The van der Waals surface area contributed by atoms with Gasteiger partial charge in [-0.2, -0.15) is 0 Å². The van der Waals surface area contributed by atoms with Crippen molar-refractivity contribution in [1.29, 1.82) is 0 Å². The molecule has 5 nitrogen and oxygen atoms in total. The maximum Gasteiger partial charge on any atom is 0.354 e. The molecular weight excluding hydrogens is 212 g/mol. The first-order valence-electron chi connectivity index (χ1n) is 3.80. The third-order valence-electron chi connectivity index (χ3n) is 1.67. The minimum Gasteiger partial charge on any atom is -0.507 e. The number of carbonyl (C=O) groups excluding carboxylic acids is 1.